The van der Waals surface area contributed by atoms with E-state index in [4.69, 9.17) is 0 Å². The van der Waals surface area contributed by atoms with E-state index in [1.54, 1.807) is 6.08 Å². The third kappa shape index (κ3) is 5.28. The van der Waals surface area contributed by atoms with Crippen molar-refractivity contribution < 1.29 is 5.11 Å². The minimum Gasteiger partial charge on any atom is -0.299 e. The summed E-state index contributed by atoms with van der Waals surface area (Å²) in [6, 6.07) is 0. The Bertz CT molecular complexity index is 70.4. The van der Waals surface area contributed by atoms with Crippen LogP contribution in [0.5, 0.6) is 0 Å². The van der Waals surface area contributed by atoms with Gasteiger partial charge in [0, 0.05) is 0 Å². The number of hydrogen-bond acceptors (Lipinski definition) is 0. The first-order valence-corrected chi connectivity index (χ1v) is 2.80. The molecule has 1 radical (unpaired) electrons. The van der Waals surface area contributed by atoms with Gasteiger partial charge in [-0.2, -0.15) is 0 Å². The molecule has 0 N–H and O–H groups in total. The van der Waals surface area contributed by atoms with Crippen molar-refractivity contribution in [2.75, 3.05) is 0 Å². The van der Waals surface area contributed by atoms with E-state index >= 15 is 0 Å². The van der Waals surface area contributed by atoms with Crippen LogP contribution in [0.25, 0.3) is 0 Å². The predicted octanol–water partition coefficient (Wildman–Crippen LogP) is 2.29. The quantitative estimate of drug-likeness (QED) is 0.302. The fourth-order valence-corrected chi connectivity index (χ4v) is 0.427. The van der Waals surface area contributed by atoms with Crippen molar-refractivity contribution in [3.8, 4) is 0 Å². The summed E-state index contributed by atoms with van der Waals surface area (Å²) in [5.74, 6) is 0. The lowest BCUT2D eigenvalue weighted by Crippen LogP contribution is -1.61. The molecule has 45 valence electrons. The molecule has 0 spiro atoms. The van der Waals surface area contributed by atoms with Gasteiger partial charge in [-0.05, 0) is 25.8 Å². The van der Waals surface area contributed by atoms with Crippen molar-refractivity contribution in [3.63, 3.8) is 0 Å². The van der Waals surface area contributed by atoms with Crippen molar-refractivity contribution in [2.45, 2.75) is 19.8 Å². The number of rotatable bonds is 3. The number of allylic oxidation sites excluding steroid dienone is 3. The lowest BCUT2D eigenvalue weighted by atomic mass is 10.3. The van der Waals surface area contributed by atoms with E-state index in [0.29, 0.717) is 0 Å². The Morgan fingerprint density at radius 3 is 2.38 bits per heavy atom. The molecule has 0 rings (SSSR count). The highest BCUT2D eigenvalue weighted by atomic mass is 16.2. The molecule has 0 aromatic carbocycles. The summed E-state index contributed by atoms with van der Waals surface area (Å²) in [5.41, 5.74) is 0. The average molecular weight is 111 g/mol. The lowest BCUT2D eigenvalue weighted by molar-refractivity contribution is 0.350. The van der Waals surface area contributed by atoms with Crippen LogP contribution in [0.1, 0.15) is 19.8 Å². The molecule has 0 atom stereocenters. The third-order valence-corrected chi connectivity index (χ3v) is 0.832. The van der Waals surface area contributed by atoms with Crippen LogP contribution in [0.15, 0.2) is 24.5 Å². The van der Waals surface area contributed by atoms with Crippen LogP contribution in [-0.2, 0) is 5.11 Å². The Morgan fingerprint density at radius 1 is 1.25 bits per heavy atom. The Morgan fingerprint density at radius 2 is 1.88 bits per heavy atom. The monoisotopic (exact) mass is 111 g/mol. The molecule has 0 amide bonds. The second kappa shape index (κ2) is 6.28. The second-order valence-corrected chi connectivity index (χ2v) is 1.52. The Kier molecular flexibility index (Phi) is 5.71. The maximum Gasteiger partial charge on any atom is 0.138 e. The molecule has 0 aromatic heterocycles. The highest BCUT2D eigenvalue weighted by Gasteiger charge is 1.72. The second-order valence-electron chi connectivity index (χ2n) is 1.52. The molecular weight excluding hydrogens is 100 g/mol. The molecule has 8 heavy (non-hydrogen) atoms. The van der Waals surface area contributed by atoms with E-state index in [-0.39, 0.29) is 0 Å². The van der Waals surface area contributed by atoms with Gasteiger partial charge in [-0.15, -0.1) is 0 Å². The third-order valence-electron chi connectivity index (χ3n) is 0.832. The largest absolute Gasteiger partial charge is 0.299 e. The maximum atomic E-state index is 9.69. The Hall–Kier alpha value is -0.720. The summed E-state index contributed by atoms with van der Waals surface area (Å²) >= 11 is 0. The van der Waals surface area contributed by atoms with Gasteiger partial charge < -0.3 is 0 Å². The topological polar surface area (TPSA) is 19.9 Å². The molecule has 1 heteroatoms. The van der Waals surface area contributed by atoms with Crippen LogP contribution in [0, 0.1) is 0 Å². The average Bonchev–Trinajstić information content (AvgIpc) is 1.81. The van der Waals surface area contributed by atoms with E-state index in [9.17, 15) is 5.11 Å². The van der Waals surface area contributed by atoms with E-state index in [2.05, 4.69) is 0 Å². The standard InChI is InChI=1S/C7H11O/c1-2-3-4-5-6-7-8/h2-3,6-7H,4-5H2,1H3. The van der Waals surface area contributed by atoms with E-state index in [1.807, 2.05) is 19.1 Å². The molecule has 0 aliphatic carbocycles. The van der Waals surface area contributed by atoms with Gasteiger partial charge in [-0.25, -0.2) is 0 Å². The minimum atomic E-state index is 0.837. The van der Waals surface area contributed by atoms with Crippen LogP contribution in [-0.4, -0.2) is 0 Å². The van der Waals surface area contributed by atoms with Crippen LogP contribution in [0.3, 0.4) is 0 Å². The van der Waals surface area contributed by atoms with E-state index in [0.717, 1.165) is 19.1 Å². The zero-order valence-corrected chi connectivity index (χ0v) is 5.13. The van der Waals surface area contributed by atoms with Crippen molar-refractivity contribution >= 4 is 0 Å². The summed E-state index contributed by atoms with van der Waals surface area (Å²) in [6.45, 7) is 1.97. The first kappa shape index (κ1) is 7.28. The maximum absolute atomic E-state index is 9.69. The van der Waals surface area contributed by atoms with Crippen molar-refractivity contribution in [2.24, 2.45) is 0 Å². The molecule has 1 nitrogen and oxygen atoms in total. The fraction of sp³-hybridized carbons (Fsp3) is 0.429. The van der Waals surface area contributed by atoms with Gasteiger partial charge in [-0.3, -0.25) is 5.11 Å². The van der Waals surface area contributed by atoms with Crippen LogP contribution in [0.2, 0.25) is 0 Å². The zero-order chi connectivity index (χ0) is 6.24. The van der Waals surface area contributed by atoms with Gasteiger partial charge in [0.2, 0.25) is 0 Å². The molecule has 0 aliphatic rings. The minimum absolute atomic E-state index is 0.837. The van der Waals surface area contributed by atoms with E-state index < -0.39 is 0 Å². The van der Waals surface area contributed by atoms with Crippen LogP contribution in [0.4, 0.5) is 0 Å². The molecule has 0 saturated carbocycles. The van der Waals surface area contributed by atoms with Crippen LogP contribution >= 0.6 is 0 Å². The van der Waals surface area contributed by atoms with Gasteiger partial charge in [0.25, 0.3) is 0 Å². The molecular formula is C7H11O. The van der Waals surface area contributed by atoms with Gasteiger partial charge >= 0.3 is 0 Å². The normalized spacial score (nSPS) is 11.6. The first-order valence-electron chi connectivity index (χ1n) is 2.80. The summed E-state index contributed by atoms with van der Waals surface area (Å²) < 4.78 is 0. The summed E-state index contributed by atoms with van der Waals surface area (Å²) in [6.07, 6.45) is 8.34. The van der Waals surface area contributed by atoms with Crippen LogP contribution < -0.4 is 0 Å². The smallest absolute Gasteiger partial charge is 0.138 e. The molecule has 0 bridgehead atoms. The molecule has 0 aromatic rings. The lowest BCUT2D eigenvalue weighted by Gasteiger charge is -1.79. The summed E-state index contributed by atoms with van der Waals surface area (Å²) in [4.78, 5) is 0. The molecule has 0 unspecified atom stereocenters. The Labute approximate surface area is 50.3 Å². The van der Waals surface area contributed by atoms with Crippen molar-refractivity contribution in [1.82, 2.24) is 0 Å². The molecule has 0 saturated heterocycles. The highest BCUT2D eigenvalue weighted by Crippen LogP contribution is 1.90. The van der Waals surface area contributed by atoms with Gasteiger partial charge in [-0.1, -0.05) is 12.2 Å². The summed E-state index contributed by atoms with van der Waals surface area (Å²) in [5, 5.41) is 9.69. The highest BCUT2D eigenvalue weighted by molar-refractivity contribution is 4.81. The molecule has 0 heterocycles. The SMILES string of the molecule is CC=CCCC=C[O]. The molecule has 0 aliphatic heterocycles. The number of hydrogen-bond donors (Lipinski definition) is 0. The zero-order valence-electron chi connectivity index (χ0n) is 5.13. The van der Waals surface area contributed by atoms with Gasteiger partial charge in [0.1, 0.15) is 6.26 Å². The summed E-state index contributed by atoms with van der Waals surface area (Å²) in [7, 11) is 0. The fourth-order valence-electron chi connectivity index (χ4n) is 0.427. The van der Waals surface area contributed by atoms with Gasteiger partial charge in [0.05, 0.1) is 0 Å². The van der Waals surface area contributed by atoms with Crippen molar-refractivity contribution in [1.29, 1.82) is 0 Å². The predicted molar refractivity (Wildman–Crippen MR) is 33.9 cm³/mol. The van der Waals surface area contributed by atoms with E-state index in [1.165, 1.54) is 0 Å². The molecule has 0 fully saturated rings. The number of unbranched alkanes of at least 4 members (excludes halogenated alkanes) is 1. The Balaban J connectivity index is 2.93. The van der Waals surface area contributed by atoms with Gasteiger partial charge in [0.15, 0.2) is 0 Å². The van der Waals surface area contributed by atoms with Crippen molar-refractivity contribution in [3.05, 3.63) is 24.5 Å². The first-order chi connectivity index (χ1) is 3.91.